The van der Waals surface area contributed by atoms with Crippen molar-refractivity contribution in [1.29, 1.82) is 0 Å². The summed E-state index contributed by atoms with van der Waals surface area (Å²) in [4.78, 5) is 25.4. The van der Waals surface area contributed by atoms with Crippen molar-refractivity contribution in [2.45, 2.75) is 6.54 Å². The molecule has 1 N–H and O–H groups in total. The molecule has 1 heterocycles. The molecule has 0 atom stereocenters. The highest BCUT2D eigenvalue weighted by Crippen LogP contribution is 2.20. The van der Waals surface area contributed by atoms with Crippen molar-refractivity contribution in [3.63, 3.8) is 0 Å². The molecule has 0 spiro atoms. The van der Waals surface area contributed by atoms with Crippen LogP contribution in [0.3, 0.4) is 0 Å². The van der Waals surface area contributed by atoms with Crippen LogP contribution in [-0.4, -0.2) is 23.9 Å². The topological polar surface area (TPSA) is 58.6 Å². The monoisotopic (exact) mass is 326 g/mol. The van der Waals surface area contributed by atoms with E-state index in [1.54, 1.807) is 55.7 Å². The molecule has 0 radical (unpaired) electrons. The maximum absolute atomic E-state index is 13.7. The molecule has 2 aromatic carbocycles. The van der Waals surface area contributed by atoms with Gasteiger partial charge in [0.2, 0.25) is 0 Å². The zero-order valence-corrected chi connectivity index (χ0v) is 13.0. The van der Waals surface area contributed by atoms with Crippen LogP contribution >= 0.6 is 0 Å². The van der Waals surface area contributed by atoms with Gasteiger partial charge in [-0.2, -0.15) is 0 Å². The number of nitrogens with zero attached hydrogens (tertiary/aromatic N) is 1. The number of halogens is 1. The molecule has 24 heavy (non-hydrogen) atoms. The van der Waals surface area contributed by atoms with Crippen LogP contribution in [-0.2, 0) is 11.3 Å². The van der Waals surface area contributed by atoms with Crippen LogP contribution in [0.2, 0.25) is 0 Å². The lowest BCUT2D eigenvalue weighted by Crippen LogP contribution is -2.30. The largest absolute Gasteiger partial charge is 0.497 e. The number of rotatable bonds is 4. The van der Waals surface area contributed by atoms with Gasteiger partial charge in [0, 0.05) is 5.56 Å². The number of imide groups is 1. The molecule has 5 nitrogen and oxygen atoms in total. The quantitative estimate of drug-likeness (QED) is 0.694. The molecule has 1 aliphatic heterocycles. The molecular weight excluding hydrogens is 311 g/mol. The van der Waals surface area contributed by atoms with E-state index >= 15 is 0 Å². The Balaban J connectivity index is 1.83. The Morgan fingerprint density at radius 3 is 2.71 bits per heavy atom. The second-order valence-electron chi connectivity index (χ2n) is 5.25. The molecule has 6 heteroatoms. The van der Waals surface area contributed by atoms with E-state index in [0.29, 0.717) is 11.3 Å². The van der Waals surface area contributed by atoms with Crippen LogP contribution in [0.5, 0.6) is 5.75 Å². The number of hydrogen-bond acceptors (Lipinski definition) is 3. The van der Waals surface area contributed by atoms with E-state index in [0.717, 1.165) is 4.90 Å². The zero-order valence-electron chi connectivity index (χ0n) is 13.0. The van der Waals surface area contributed by atoms with Gasteiger partial charge in [0.05, 0.1) is 13.7 Å². The highest BCUT2D eigenvalue weighted by atomic mass is 19.1. The van der Waals surface area contributed by atoms with E-state index in [1.807, 2.05) is 0 Å². The van der Waals surface area contributed by atoms with Gasteiger partial charge in [0.1, 0.15) is 17.3 Å². The van der Waals surface area contributed by atoms with Gasteiger partial charge in [-0.3, -0.25) is 9.69 Å². The van der Waals surface area contributed by atoms with Gasteiger partial charge in [-0.05, 0) is 29.8 Å². The van der Waals surface area contributed by atoms with Gasteiger partial charge in [0.25, 0.3) is 5.91 Å². The van der Waals surface area contributed by atoms with Crippen molar-refractivity contribution in [3.05, 3.63) is 71.2 Å². The first kappa shape index (κ1) is 15.7. The zero-order chi connectivity index (χ0) is 17.1. The average molecular weight is 326 g/mol. The number of carbonyl (C=O) groups excluding carboxylic acids is 2. The van der Waals surface area contributed by atoms with Crippen LogP contribution in [0.4, 0.5) is 9.18 Å². The van der Waals surface area contributed by atoms with Crippen molar-refractivity contribution in [2.24, 2.45) is 0 Å². The van der Waals surface area contributed by atoms with E-state index in [2.05, 4.69) is 5.32 Å². The predicted octanol–water partition coefficient (Wildman–Crippen LogP) is 2.93. The Labute approximate surface area is 138 Å². The minimum atomic E-state index is -0.572. The van der Waals surface area contributed by atoms with Crippen LogP contribution in [0.1, 0.15) is 11.1 Å². The van der Waals surface area contributed by atoms with Crippen molar-refractivity contribution < 1.29 is 18.7 Å². The molecule has 0 bridgehead atoms. The Kier molecular flexibility index (Phi) is 4.29. The molecule has 0 aromatic heterocycles. The molecule has 1 saturated heterocycles. The Hall–Kier alpha value is -3.15. The van der Waals surface area contributed by atoms with E-state index in [9.17, 15) is 14.0 Å². The average Bonchev–Trinajstić information content (AvgIpc) is 2.84. The van der Waals surface area contributed by atoms with Crippen LogP contribution in [0.15, 0.2) is 54.2 Å². The molecule has 1 aliphatic rings. The summed E-state index contributed by atoms with van der Waals surface area (Å²) in [5, 5.41) is 2.51. The summed E-state index contributed by atoms with van der Waals surface area (Å²) >= 11 is 0. The van der Waals surface area contributed by atoms with Gasteiger partial charge in [-0.1, -0.05) is 30.3 Å². The number of hydrogen-bond donors (Lipinski definition) is 1. The standard InChI is InChI=1S/C18H15FN2O3/c1-24-14-7-4-5-12(9-14)10-16-17(22)21(18(23)20-16)11-13-6-2-3-8-15(13)19/h2-10H,11H2,1H3,(H,20,23)/b16-10+. The lowest BCUT2D eigenvalue weighted by Gasteiger charge is -2.12. The fraction of sp³-hybridized carbons (Fsp3) is 0.111. The van der Waals surface area contributed by atoms with Crippen molar-refractivity contribution in [3.8, 4) is 5.75 Å². The van der Waals surface area contributed by atoms with Crippen molar-refractivity contribution in [1.82, 2.24) is 10.2 Å². The molecule has 0 unspecified atom stereocenters. The molecule has 1 fully saturated rings. The molecule has 3 rings (SSSR count). The fourth-order valence-electron chi connectivity index (χ4n) is 2.41. The molecule has 122 valence electrons. The fourth-order valence-corrected chi connectivity index (χ4v) is 2.41. The molecule has 0 aliphatic carbocycles. The first-order valence-corrected chi connectivity index (χ1v) is 7.30. The lowest BCUT2D eigenvalue weighted by atomic mass is 10.1. The SMILES string of the molecule is COc1cccc(/C=C2/NC(=O)N(Cc3ccccc3F)C2=O)c1. The highest BCUT2D eigenvalue weighted by molar-refractivity contribution is 6.13. The summed E-state index contributed by atoms with van der Waals surface area (Å²) in [6.07, 6.45) is 1.56. The lowest BCUT2D eigenvalue weighted by molar-refractivity contribution is -0.123. The van der Waals surface area contributed by atoms with Gasteiger partial charge >= 0.3 is 6.03 Å². The van der Waals surface area contributed by atoms with Gasteiger partial charge in [0.15, 0.2) is 0 Å². The minimum absolute atomic E-state index is 0.118. The third-order valence-electron chi connectivity index (χ3n) is 3.65. The summed E-state index contributed by atoms with van der Waals surface area (Å²) in [5.41, 5.74) is 1.14. The maximum atomic E-state index is 13.7. The van der Waals surface area contributed by atoms with Crippen molar-refractivity contribution >= 4 is 18.0 Å². The minimum Gasteiger partial charge on any atom is -0.497 e. The number of benzene rings is 2. The summed E-state index contributed by atoms with van der Waals surface area (Å²) in [6, 6.07) is 12.6. The summed E-state index contributed by atoms with van der Waals surface area (Å²) in [7, 11) is 1.55. The first-order valence-electron chi connectivity index (χ1n) is 7.30. The molecule has 2 aromatic rings. The number of carbonyl (C=O) groups is 2. The summed E-state index contributed by atoms with van der Waals surface area (Å²) < 4.78 is 18.9. The molecule has 3 amide bonds. The highest BCUT2D eigenvalue weighted by Gasteiger charge is 2.33. The maximum Gasteiger partial charge on any atom is 0.329 e. The second-order valence-corrected chi connectivity index (χ2v) is 5.25. The Morgan fingerprint density at radius 1 is 1.17 bits per heavy atom. The van der Waals surface area contributed by atoms with Crippen LogP contribution in [0, 0.1) is 5.82 Å². The smallest absolute Gasteiger partial charge is 0.329 e. The summed E-state index contributed by atoms with van der Waals surface area (Å²) in [5.74, 6) is -0.307. The number of ether oxygens (including phenoxy) is 1. The first-order chi connectivity index (χ1) is 11.6. The van der Waals surface area contributed by atoms with E-state index in [-0.39, 0.29) is 17.8 Å². The number of nitrogens with one attached hydrogen (secondary N) is 1. The van der Waals surface area contributed by atoms with Gasteiger partial charge in [-0.15, -0.1) is 0 Å². The van der Waals surface area contributed by atoms with Gasteiger partial charge in [-0.25, -0.2) is 9.18 Å². The van der Waals surface area contributed by atoms with E-state index < -0.39 is 17.8 Å². The van der Waals surface area contributed by atoms with Crippen LogP contribution < -0.4 is 10.1 Å². The summed E-state index contributed by atoms with van der Waals surface area (Å²) in [6.45, 7) is -0.118. The predicted molar refractivity (Wildman–Crippen MR) is 86.5 cm³/mol. The number of amides is 3. The second kappa shape index (κ2) is 6.54. The molecule has 0 saturated carbocycles. The third-order valence-corrected chi connectivity index (χ3v) is 3.65. The van der Waals surface area contributed by atoms with Crippen LogP contribution in [0.25, 0.3) is 6.08 Å². The number of urea groups is 1. The normalized spacial score (nSPS) is 15.8. The molecular formula is C18H15FN2O3. The Bertz CT molecular complexity index is 833. The Morgan fingerprint density at radius 2 is 1.96 bits per heavy atom. The van der Waals surface area contributed by atoms with Crippen molar-refractivity contribution in [2.75, 3.05) is 7.11 Å². The van der Waals surface area contributed by atoms with E-state index in [4.69, 9.17) is 4.74 Å². The van der Waals surface area contributed by atoms with Gasteiger partial charge < -0.3 is 10.1 Å². The van der Waals surface area contributed by atoms with E-state index in [1.165, 1.54) is 6.07 Å². The number of methoxy groups -OCH3 is 1. The third kappa shape index (κ3) is 3.12.